The van der Waals surface area contributed by atoms with Crippen LogP contribution in [0.15, 0.2) is 54.7 Å². The standard InChI is InChI=1S/C16H19N7.C7H8.CH3NO/c1-2-8-22(7-1)16-18-15(13-4-3-9-23(13)21-16)17-14-10-12(19-20-14)11-5-6-11;1-7-5-3-2-4-6-7;2-1-3/h3-4,9-11H,1-2,5-8H2,(H2,17,18,19,20,21);2-6H,1H3;1H,(H2,2,3). The number of H-pyrrole nitrogens is 1. The summed E-state index contributed by atoms with van der Waals surface area (Å²) in [5.74, 6) is 3.07. The van der Waals surface area contributed by atoms with Gasteiger partial charge in [0.05, 0.1) is 0 Å². The fraction of sp³-hybridized carbons (Fsp3) is 0.333. The van der Waals surface area contributed by atoms with Crippen molar-refractivity contribution < 1.29 is 4.79 Å². The molecule has 9 heteroatoms. The van der Waals surface area contributed by atoms with Crippen LogP contribution < -0.4 is 16.0 Å². The molecule has 33 heavy (non-hydrogen) atoms. The molecule has 4 aromatic rings. The number of nitrogens with two attached hydrogens (primary N) is 1. The van der Waals surface area contributed by atoms with Gasteiger partial charge in [-0.25, -0.2) is 4.52 Å². The number of fused-ring (bicyclic) bond motifs is 1. The van der Waals surface area contributed by atoms with Crippen molar-refractivity contribution in [3.8, 4) is 0 Å². The van der Waals surface area contributed by atoms with E-state index >= 15 is 0 Å². The Morgan fingerprint density at radius 1 is 1.12 bits per heavy atom. The number of aryl methyl sites for hydroxylation is 1. The van der Waals surface area contributed by atoms with E-state index in [1.165, 1.54) is 36.9 Å². The predicted octanol–water partition coefficient (Wildman–Crippen LogP) is 3.77. The van der Waals surface area contributed by atoms with E-state index in [2.05, 4.69) is 56.4 Å². The van der Waals surface area contributed by atoms with Gasteiger partial charge < -0.3 is 16.0 Å². The van der Waals surface area contributed by atoms with Crippen LogP contribution in [0.2, 0.25) is 0 Å². The number of amides is 1. The molecule has 1 aliphatic carbocycles. The van der Waals surface area contributed by atoms with Gasteiger partial charge >= 0.3 is 0 Å². The van der Waals surface area contributed by atoms with E-state index in [0.717, 1.165) is 36.2 Å². The summed E-state index contributed by atoms with van der Waals surface area (Å²) >= 11 is 0. The van der Waals surface area contributed by atoms with E-state index < -0.39 is 0 Å². The molecule has 1 saturated heterocycles. The highest BCUT2D eigenvalue weighted by Gasteiger charge is 2.25. The van der Waals surface area contributed by atoms with Gasteiger partial charge in [0.2, 0.25) is 12.4 Å². The normalized spacial score (nSPS) is 14.8. The van der Waals surface area contributed by atoms with Gasteiger partial charge in [-0.3, -0.25) is 9.89 Å². The average Bonchev–Trinajstić information content (AvgIpc) is 3.22. The second-order valence-corrected chi connectivity index (χ2v) is 8.19. The van der Waals surface area contributed by atoms with Gasteiger partial charge in [-0.15, -0.1) is 5.10 Å². The second-order valence-electron chi connectivity index (χ2n) is 8.19. The Labute approximate surface area is 193 Å². The van der Waals surface area contributed by atoms with Crippen LogP contribution in [0, 0.1) is 6.92 Å². The number of carbonyl (C=O) groups excluding carboxylic acids is 1. The molecule has 1 aromatic carbocycles. The Balaban J connectivity index is 0.000000219. The van der Waals surface area contributed by atoms with E-state index in [0.29, 0.717) is 5.92 Å². The van der Waals surface area contributed by atoms with Crippen molar-refractivity contribution in [1.82, 2.24) is 24.8 Å². The maximum Gasteiger partial charge on any atom is 0.245 e. The van der Waals surface area contributed by atoms with Crippen molar-refractivity contribution in [3.05, 3.63) is 66.0 Å². The number of carbonyl (C=O) groups is 1. The van der Waals surface area contributed by atoms with Crippen molar-refractivity contribution >= 4 is 29.5 Å². The summed E-state index contributed by atoms with van der Waals surface area (Å²) in [5, 5.41) is 15.5. The van der Waals surface area contributed by atoms with Gasteiger partial charge in [0.25, 0.3) is 0 Å². The summed E-state index contributed by atoms with van der Waals surface area (Å²) in [6.07, 6.45) is 7.15. The predicted molar refractivity (Wildman–Crippen MR) is 130 cm³/mol. The average molecular weight is 447 g/mol. The Hall–Kier alpha value is -3.88. The quantitative estimate of drug-likeness (QED) is 0.411. The van der Waals surface area contributed by atoms with Crippen molar-refractivity contribution in [2.75, 3.05) is 23.3 Å². The number of aromatic amines is 1. The molecule has 0 atom stereocenters. The van der Waals surface area contributed by atoms with Gasteiger partial charge in [0.1, 0.15) is 5.52 Å². The lowest BCUT2D eigenvalue weighted by Gasteiger charge is -2.16. The first-order valence-electron chi connectivity index (χ1n) is 11.3. The fourth-order valence-corrected chi connectivity index (χ4v) is 3.73. The van der Waals surface area contributed by atoms with Crippen LogP contribution in [0.25, 0.3) is 5.52 Å². The summed E-state index contributed by atoms with van der Waals surface area (Å²) in [5.41, 5.74) is 7.67. The molecule has 1 amide bonds. The zero-order valence-electron chi connectivity index (χ0n) is 18.8. The first kappa shape index (κ1) is 22.3. The SMILES string of the molecule is Cc1ccccc1.NC=O.c1cc2c(Nc3cc(C4CC4)[nH]n3)nc(N3CCCC3)nn2c1. The maximum atomic E-state index is 8.58. The molecule has 4 N–H and O–H groups in total. The van der Waals surface area contributed by atoms with Crippen molar-refractivity contribution in [1.29, 1.82) is 0 Å². The number of anilines is 3. The number of hydrogen-bond acceptors (Lipinski definition) is 6. The number of benzene rings is 1. The highest BCUT2D eigenvalue weighted by Crippen LogP contribution is 2.39. The summed E-state index contributed by atoms with van der Waals surface area (Å²) < 4.78 is 1.89. The molecule has 0 bridgehead atoms. The van der Waals surface area contributed by atoms with Gasteiger partial charge in [-0.1, -0.05) is 35.9 Å². The molecule has 2 aliphatic rings. The topological polar surface area (TPSA) is 117 Å². The second kappa shape index (κ2) is 10.6. The lowest BCUT2D eigenvalue weighted by molar-refractivity contribution is -0.106. The van der Waals surface area contributed by atoms with Crippen molar-refractivity contribution in [2.45, 2.75) is 38.5 Å². The molecule has 1 saturated carbocycles. The first-order valence-corrected chi connectivity index (χ1v) is 11.3. The van der Waals surface area contributed by atoms with Crippen LogP contribution in [0.1, 0.15) is 42.9 Å². The molecule has 9 nitrogen and oxygen atoms in total. The molecular formula is C24H30N8O. The summed E-state index contributed by atoms with van der Waals surface area (Å²) in [6, 6.07) is 16.4. The number of hydrogen-bond donors (Lipinski definition) is 3. The minimum absolute atomic E-state index is 0.250. The lowest BCUT2D eigenvalue weighted by atomic mass is 10.2. The molecule has 2 fully saturated rings. The highest BCUT2D eigenvalue weighted by molar-refractivity contribution is 5.73. The third kappa shape index (κ3) is 5.88. The smallest absolute Gasteiger partial charge is 0.245 e. The van der Waals surface area contributed by atoms with Gasteiger partial charge in [-0.05, 0) is 44.7 Å². The number of aromatic nitrogens is 5. The van der Waals surface area contributed by atoms with E-state index in [-0.39, 0.29) is 6.41 Å². The summed E-state index contributed by atoms with van der Waals surface area (Å²) in [4.78, 5) is 15.6. The molecule has 172 valence electrons. The Kier molecular flexibility index (Phi) is 7.19. The van der Waals surface area contributed by atoms with Crippen LogP contribution >= 0.6 is 0 Å². The van der Waals surface area contributed by atoms with Crippen molar-refractivity contribution in [3.63, 3.8) is 0 Å². The Morgan fingerprint density at radius 2 is 1.85 bits per heavy atom. The fourth-order valence-electron chi connectivity index (χ4n) is 3.73. The van der Waals surface area contributed by atoms with E-state index in [9.17, 15) is 0 Å². The zero-order valence-corrected chi connectivity index (χ0v) is 18.8. The Morgan fingerprint density at radius 3 is 2.48 bits per heavy atom. The van der Waals surface area contributed by atoms with Gasteiger partial charge in [-0.2, -0.15) is 10.1 Å². The third-order valence-electron chi connectivity index (χ3n) is 5.57. The minimum Gasteiger partial charge on any atom is -0.372 e. The first-order chi connectivity index (χ1) is 16.2. The van der Waals surface area contributed by atoms with E-state index in [1.54, 1.807) is 0 Å². The van der Waals surface area contributed by atoms with Crippen LogP contribution in [0.4, 0.5) is 17.6 Å². The Bertz CT molecular complexity index is 1160. The summed E-state index contributed by atoms with van der Waals surface area (Å²) in [7, 11) is 0. The lowest BCUT2D eigenvalue weighted by Crippen LogP contribution is -2.22. The summed E-state index contributed by atoms with van der Waals surface area (Å²) in [6.45, 7) is 4.14. The molecule has 6 rings (SSSR count). The van der Waals surface area contributed by atoms with Gasteiger partial charge in [0, 0.05) is 37.0 Å². The number of primary amides is 1. The monoisotopic (exact) mass is 446 g/mol. The van der Waals surface area contributed by atoms with E-state index in [1.807, 2.05) is 41.0 Å². The number of rotatable bonds is 4. The molecule has 3 aromatic heterocycles. The van der Waals surface area contributed by atoms with Crippen LogP contribution in [-0.2, 0) is 4.79 Å². The molecule has 0 spiro atoms. The van der Waals surface area contributed by atoms with Gasteiger partial charge in [0.15, 0.2) is 11.6 Å². The molecule has 0 radical (unpaired) electrons. The molecular weight excluding hydrogens is 416 g/mol. The molecule has 4 heterocycles. The van der Waals surface area contributed by atoms with Crippen LogP contribution in [-0.4, -0.2) is 44.3 Å². The largest absolute Gasteiger partial charge is 0.372 e. The van der Waals surface area contributed by atoms with Crippen LogP contribution in [0.3, 0.4) is 0 Å². The van der Waals surface area contributed by atoms with E-state index in [4.69, 9.17) is 9.78 Å². The number of nitrogens with one attached hydrogen (secondary N) is 2. The minimum atomic E-state index is 0.250. The van der Waals surface area contributed by atoms with Crippen molar-refractivity contribution in [2.24, 2.45) is 5.73 Å². The number of nitrogens with zero attached hydrogens (tertiary/aromatic N) is 5. The molecule has 0 unspecified atom stereocenters. The third-order valence-corrected chi connectivity index (χ3v) is 5.57. The maximum absolute atomic E-state index is 8.58. The molecule has 1 aliphatic heterocycles. The zero-order chi connectivity index (χ0) is 23.0. The van der Waals surface area contributed by atoms with Crippen LogP contribution in [0.5, 0.6) is 0 Å². The highest BCUT2D eigenvalue weighted by atomic mass is 16.1.